The van der Waals surface area contributed by atoms with E-state index in [9.17, 15) is 4.79 Å². The van der Waals surface area contributed by atoms with Crippen LogP contribution in [0.25, 0.3) is 0 Å². The maximum Gasteiger partial charge on any atom is 0.310 e. The van der Waals surface area contributed by atoms with Crippen LogP contribution < -0.4 is 0 Å². The van der Waals surface area contributed by atoms with Gasteiger partial charge in [0.15, 0.2) is 0 Å². The number of hydrogen-bond acceptors (Lipinski definition) is 4. The molecule has 1 aromatic carbocycles. The summed E-state index contributed by atoms with van der Waals surface area (Å²) >= 11 is 10.1. The van der Waals surface area contributed by atoms with E-state index in [2.05, 4.69) is 12.6 Å². The van der Waals surface area contributed by atoms with Gasteiger partial charge in [0.1, 0.15) is 0 Å². The van der Waals surface area contributed by atoms with Crippen LogP contribution in [-0.2, 0) is 16.0 Å². The van der Waals surface area contributed by atoms with Crippen molar-refractivity contribution in [1.29, 1.82) is 5.26 Å². The minimum absolute atomic E-state index is 0.00360. The van der Waals surface area contributed by atoms with Crippen LogP contribution >= 0.6 is 24.2 Å². The lowest BCUT2D eigenvalue weighted by Crippen LogP contribution is -2.09. The molecule has 0 radical (unpaired) electrons. The zero-order chi connectivity index (χ0) is 12.1. The van der Waals surface area contributed by atoms with Gasteiger partial charge in [-0.3, -0.25) is 4.79 Å². The molecule has 0 aromatic heterocycles. The minimum Gasteiger partial charge on any atom is -0.466 e. The molecule has 0 aliphatic rings. The average Bonchev–Trinajstić information content (AvgIpc) is 2.22. The molecule has 0 heterocycles. The van der Waals surface area contributed by atoms with Crippen molar-refractivity contribution >= 4 is 30.2 Å². The van der Waals surface area contributed by atoms with Gasteiger partial charge in [-0.1, -0.05) is 11.6 Å². The predicted octanol–water partition coefficient (Wildman–Crippen LogP) is 2.61. The first kappa shape index (κ1) is 12.9. The van der Waals surface area contributed by atoms with E-state index in [4.69, 9.17) is 21.6 Å². The van der Waals surface area contributed by atoms with E-state index in [1.165, 1.54) is 0 Å². The van der Waals surface area contributed by atoms with Crippen LogP contribution in [0.5, 0.6) is 0 Å². The number of hydrogen-bond donors (Lipinski definition) is 1. The monoisotopic (exact) mass is 255 g/mol. The summed E-state index contributed by atoms with van der Waals surface area (Å²) in [6.45, 7) is 2.03. The molecule has 3 nitrogen and oxygen atoms in total. The summed E-state index contributed by atoms with van der Waals surface area (Å²) in [5, 5.41) is 9.27. The first-order valence-corrected chi connectivity index (χ1v) is 5.48. The standard InChI is InChI=1S/C11H10ClNO2S/c1-2-15-11(14)5-9-7(6-13)3-8(16)4-10(9)12/h3-4,16H,2,5H2,1H3. The highest BCUT2D eigenvalue weighted by atomic mass is 35.5. The topological polar surface area (TPSA) is 50.1 Å². The quantitative estimate of drug-likeness (QED) is 0.667. The van der Waals surface area contributed by atoms with Crippen LogP contribution in [0.15, 0.2) is 17.0 Å². The summed E-state index contributed by atoms with van der Waals surface area (Å²) in [5.74, 6) is -0.396. The van der Waals surface area contributed by atoms with Gasteiger partial charge in [0.2, 0.25) is 0 Å². The Morgan fingerprint density at radius 2 is 2.31 bits per heavy atom. The maximum absolute atomic E-state index is 11.3. The second-order valence-corrected chi connectivity index (χ2v) is 3.97. The molecule has 5 heteroatoms. The number of thiol groups is 1. The van der Waals surface area contributed by atoms with Gasteiger partial charge in [-0.05, 0) is 24.6 Å². The van der Waals surface area contributed by atoms with E-state index in [-0.39, 0.29) is 6.42 Å². The van der Waals surface area contributed by atoms with Crippen molar-refractivity contribution in [3.05, 3.63) is 28.3 Å². The van der Waals surface area contributed by atoms with E-state index < -0.39 is 5.97 Å². The highest BCUT2D eigenvalue weighted by Gasteiger charge is 2.13. The SMILES string of the molecule is CCOC(=O)Cc1c(Cl)cc(S)cc1C#N. The third-order valence-electron chi connectivity index (χ3n) is 1.93. The second kappa shape index (κ2) is 5.78. The molecule has 0 fully saturated rings. The number of benzene rings is 1. The molecule has 16 heavy (non-hydrogen) atoms. The molecular formula is C11H10ClNO2S. The van der Waals surface area contributed by atoms with Crippen molar-refractivity contribution in [3.63, 3.8) is 0 Å². The van der Waals surface area contributed by atoms with E-state index in [1.807, 2.05) is 6.07 Å². The highest BCUT2D eigenvalue weighted by Crippen LogP contribution is 2.24. The Labute approximate surface area is 104 Å². The molecule has 0 atom stereocenters. The van der Waals surface area contributed by atoms with Crippen LogP contribution in [0.4, 0.5) is 0 Å². The largest absolute Gasteiger partial charge is 0.466 e. The Morgan fingerprint density at radius 1 is 1.62 bits per heavy atom. The smallest absolute Gasteiger partial charge is 0.310 e. The molecule has 1 aromatic rings. The molecule has 0 unspecified atom stereocenters. The fourth-order valence-electron chi connectivity index (χ4n) is 1.26. The Balaban J connectivity index is 3.04. The fraction of sp³-hybridized carbons (Fsp3) is 0.273. The summed E-state index contributed by atoms with van der Waals surface area (Å²) in [5.41, 5.74) is 0.839. The van der Waals surface area contributed by atoms with Crippen molar-refractivity contribution in [1.82, 2.24) is 0 Å². The molecular weight excluding hydrogens is 246 g/mol. The molecule has 0 aliphatic heterocycles. The lowest BCUT2D eigenvalue weighted by atomic mass is 10.1. The molecule has 0 saturated carbocycles. The molecule has 0 amide bonds. The van der Waals surface area contributed by atoms with Gasteiger partial charge >= 0.3 is 5.97 Å². The predicted molar refractivity (Wildman–Crippen MR) is 63.8 cm³/mol. The lowest BCUT2D eigenvalue weighted by molar-refractivity contribution is -0.142. The number of ether oxygens (including phenoxy) is 1. The van der Waals surface area contributed by atoms with E-state index in [1.54, 1.807) is 19.1 Å². The first-order valence-electron chi connectivity index (χ1n) is 4.65. The lowest BCUT2D eigenvalue weighted by Gasteiger charge is -2.07. The van der Waals surface area contributed by atoms with Crippen LogP contribution in [0.3, 0.4) is 0 Å². The highest BCUT2D eigenvalue weighted by molar-refractivity contribution is 7.80. The minimum atomic E-state index is -0.396. The van der Waals surface area contributed by atoms with Gasteiger partial charge in [-0.2, -0.15) is 5.26 Å². The van der Waals surface area contributed by atoms with Crippen molar-refractivity contribution < 1.29 is 9.53 Å². The number of halogens is 1. The van der Waals surface area contributed by atoms with Crippen LogP contribution in [0, 0.1) is 11.3 Å². The van der Waals surface area contributed by atoms with E-state index >= 15 is 0 Å². The summed E-state index contributed by atoms with van der Waals surface area (Å²) in [6.07, 6.45) is 0.00360. The third kappa shape index (κ3) is 3.16. The van der Waals surface area contributed by atoms with Crippen LogP contribution in [0.2, 0.25) is 5.02 Å². The van der Waals surface area contributed by atoms with Crippen molar-refractivity contribution in [2.75, 3.05) is 6.61 Å². The summed E-state index contributed by atoms with van der Waals surface area (Å²) in [7, 11) is 0. The Kier molecular flexibility index (Phi) is 4.66. The van der Waals surface area contributed by atoms with Gasteiger partial charge in [0.25, 0.3) is 0 Å². The van der Waals surface area contributed by atoms with Gasteiger partial charge < -0.3 is 4.74 Å². The number of rotatable bonds is 3. The third-order valence-corrected chi connectivity index (χ3v) is 2.52. The molecule has 1 rings (SSSR count). The summed E-state index contributed by atoms with van der Waals surface area (Å²) in [4.78, 5) is 11.9. The van der Waals surface area contributed by atoms with E-state index in [0.717, 1.165) is 0 Å². The van der Waals surface area contributed by atoms with Gasteiger partial charge in [-0.25, -0.2) is 0 Å². The number of esters is 1. The first-order chi connectivity index (χ1) is 7.58. The maximum atomic E-state index is 11.3. The zero-order valence-electron chi connectivity index (χ0n) is 8.66. The molecule has 84 valence electrons. The Hall–Kier alpha value is -1.18. The second-order valence-electron chi connectivity index (χ2n) is 3.05. The number of nitrogens with zero attached hydrogens (tertiary/aromatic N) is 1. The van der Waals surface area contributed by atoms with E-state index in [0.29, 0.717) is 27.7 Å². The van der Waals surface area contributed by atoms with Gasteiger partial charge in [0.05, 0.1) is 24.7 Å². The number of nitriles is 1. The van der Waals surface area contributed by atoms with Crippen LogP contribution in [0.1, 0.15) is 18.1 Å². The molecule has 0 spiro atoms. The summed E-state index contributed by atoms with van der Waals surface area (Å²) < 4.78 is 4.80. The van der Waals surface area contributed by atoms with Gasteiger partial charge in [-0.15, -0.1) is 12.6 Å². The van der Waals surface area contributed by atoms with Crippen molar-refractivity contribution in [2.24, 2.45) is 0 Å². The van der Waals surface area contributed by atoms with Crippen LogP contribution in [-0.4, -0.2) is 12.6 Å². The molecule has 0 bridgehead atoms. The Bertz CT molecular complexity index is 454. The zero-order valence-corrected chi connectivity index (χ0v) is 10.3. The van der Waals surface area contributed by atoms with Crippen molar-refractivity contribution in [3.8, 4) is 6.07 Å². The summed E-state index contributed by atoms with van der Waals surface area (Å²) in [6, 6.07) is 5.15. The average molecular weight is 256 g/mol. The number of carbonyl (C=O) groups excluding carboxylic acids is 1. The fourth-order valence-corrected chi connectivity index (χ4v) is 1.88. The molecule has 0 N–H and O–H groups in total. The normalized spacial score (nSPS) is 9.62. The number of carbonyl (C=O) groups is 1. The van der Waals surface area contributed by atoms with Gasteiger partial charge in [0, 0.05) is 9.92 Å². The van der Waals surface area contributed by atoms with Crippen molar-refractivity contribution in [2.45, 2.75) is 18.2 Å². The Morgan fingerprint density at radius 3 is 2.88 bits per heavy atom. The molecule has 0 saturated heterocycles. The molecule has 0 aliphatic carbocycles.